The molecule has 0 aliphatic heterocycles. The Morgan fingerprint density at radius 2 is 2.00 bits per heavy atom. The van der Waals surface area contributed by atoms with Gasteiger partial charge in [0.2, 0.25) is 5.95 Å². The highest BCUT2D eigenvalue weighted by Gasteiger charge is 2.08. The quantitative estimate of drug-likeness (QED) is 0.778. The summed E-state index contributed by atoms with van der Waals surface area (Å²) < 4.78 is 28.1. The van der Waals surface area contributed by atoms with Crippen LogP contribution in [0.15, 0.2) is 30.3 Å². The van der Waals surface area contributed by atoms with E-state index in [1.165, 1.54) is 12.1 Å². The van der Waals surface area contributed by atoms with E-state index < -0.39 is 5.95 Å². The predicted octanol–water partition coefficient (Wildman–Crippen LogP) is 2.81. The van der Waals surface area contributed by atoms with Gasteiger partial charge in [-0.3, -0.25) is 0 Å². The molecule has 0 aliphatic rings. The van der Waals surface area contributed by atoms with Crippen LogP contribution >= 0.6 is 22.6 Å². The minimum atomic E-state index is -0.456. The Morgan fingerprint density at radius 3 is 2.60 bits per heavy atom. The average Bonchev–Trinajstić information content (AvgIpc) is 2.49. The summed E-state index contributed by atoms with van der Waals surface area (Å²) in [7, 11) is 0. The first-order valence-corrected chi connectivity index (χ1v) is 5.37. The monoisotopic (exact) mass is 320 g/mol. The van der Waals surface area contributed by atoms with E-state index in [4.69, 9.17) is 0 Å². The lowest BCUT2D eigenvalue weighted by Crippen LogP contribution is -2.06. The highest BCUT2D eigenvalue weighted by atomic mass is 127. The summed E-state index contributed by atoms with van der Waals surface area (Å²) in [6, 6.07) is 7.58. The Morgan fingerprint density at radius 1 is 1.27 bits per heavy atom. The summed E-state index contributed by atoms with van der Waals surface area (Å²) >= 11 is 1.91. The van der Waals surface area contributed by atoms with Crippen LogP contribution in [-0.4, -0.2) is 9.78 Å². The maximum absolute atomic E-state index is 13.2. The Labute approximate surface area is 99.1 Å². The Hall–Kier alpha value is -0.980. The van der Waals surface area contributed by atoms with E-state index >= 15 is 0 Å². The Bertz CT molecular complexity index is 482. The van der Waals surface area contributed by atoms with Crippen LogP contribution in [0.1, 0.15) is 5.56 Å². The molecule has 0 fully saturated rings. The van der Waals surface area contributed by atoms with Crippen molar-refractivity contribution in [3.63, 3.8) is 0 Å². The van der Waals surface area contributed by atoms with Gasteiger partial charge < -0.3 is 0 Å². The van der Waals surface area contributed by atoms with Crippen molar-refractivity contribution < 1.29 is 8.78 Å². The molecule has 0 spiro atoms. The molecule has 1 aromatic heterocycles. The standard InChI is InChI=1S/C10H7F2IN2/c11-8-4-2-1-3-7(8)6-15-9(12)5-10(13)14-15/h1-5H,6H2. The molecule has 0 saturated heterocycles. The lowest BCUT2D eigenvalue weighted by molar-refractivity contribution is 0.471. The molecule has 0 saturated carbocycles. The summed E-state index contributed by atoms with van der Waals surface area (Å²) in [6.07, 6.45) is 0. The van der Waals surface area contributed by atoms with Crippen molar-refractivity contribution in [3.8, 4) is 0 Å². The highest BCUT2D eigenvalue weighted by Crippen LogP contribution is 2.11. The van der Waals surface area contributed by atoms with Crippen molar-refractivity contribution in [2.75, 3.05) is 0 Å². The lowest BCUT2D eigenvalue weighted by Gasteiger charge is -2.03. The second kappa shape index (κ2) is 4.26. The van der Waals surface area contributed by atoms with E-state index in [2.05, 4.69) is 5.10 Å². The normalized spacial score (nSPS) is 10.6. The number of hydrogen-bond acceptors (Lipinski definition) is 1. The molecule has 0 N–H and O–H groups in total. The SMILES string of the molecule is Fc1ccccc1Cn1nc(I)cc1F. The van der Waals surface area contributed by atoms with Gasteiger partial charge in [0.05, 0.1) is 6.54 Å². The van der Waals surface area contributed by atoms with Crippen molar-refractivity contribution >= 4 is 22.6 Å². The zero-order valence-corrected chi connectivity index (χ0v) is 9.78. The van der Waals surface area contributed by atoms with Crippen molar-refractivity contribution in [1.82, 2.24) is 9.78 Å². The van der Waals surface area contributed by atoms with Crippen molar-refractivity contribution in [2.24, 2.45) is 0 Å². The number of hydrogen-bond donors (Lipinski definition) is 0. The number of rotatable bonds is 2. The van der Waals surface area contributed by atoms with E-state index in [1.54, 1.807) is 18.2 Å². The fraction of sp³-hybridized carbons (Fsp3) is 0.100. The topological polar surface area (TPSA) is 17.8 Å². The molecule has 78 valence electrons. The van der Waals surface area contributed by atoms with Crippen molar-refractivity contribution in [1.29, 1.82) is 0 Å². The Balaban J connectivity index is 2.29. The molecular formula is C10H7F2IN2. The molecule has 2 rings (SSSR count). The van der Waals surface area contributed by atoms with Gasteiger partial charge >= 0.3 is 0 Å². The third-order valence-corrected chi connectivity index (χ3v) is 2.51. The van der Waals surface area contributed by atoms with Crippen LogP contribution in [0.3, 0.4) is 0 Å². The van der Waals surface area contributed by atoms with Gasteiger partial charge in [0.15, 0.2) is 0 Å². The van der Waals surface area contributed by atoms with Crippen molar-refractivity contribution in [2.45, 2.75) is 6.54 Å². The molecule has 2 nitrogen and oxygen atoms in total. The molecule has 0 amide bonds. The van der Waals surface area contributed by atoms with Crippen LogP contribution in [0.25, 0.3) is 0 Å². The first kappa shape index (κ1) is 10.5. The van der Waals surface area contributed by atoms with E-state index in [9.17, 15) is 8.78 Å². The van der Waals surface area contributed by atoms with Crippen LogP contribution in [0.4, 0.5) is 8.78 Å². The minimum Gasteiger partial charge on any atom is -0.234 e. The zero-order chi connectivity index (χ0) is 10.8. The predicted molar refractivity (Wildman–Crippen MR) is 60.4 cm³/mol. The lowest BCUT2D eigenvalue weighted by atomic mass is 10.2. The van der Waals surface area contributed by atoms with Crippen LogP contribution in [-0.2, 0) is 6.54 Å². The smallest absolute Gasteiger partial charge is 0.212 e. The van der Waals surface area contributed by atoms with Gasteiger partial charge in [0, 0.05) is 11.6 Å². The molecule has 2 aromatic rings. The summed E-state index contributed by atoms with van der Waals surface area (Å²) in [5.74, 6) is -0.801. The average molecular weight is 320 g/mol. The molecule has 0 radical (unpaired) electrons. The fourth-order valence-electron chi connectivity index (χ4n) is 1.26. The molecule has 1 heterocycles. The first-order chi connectivity index (χ1) is 7.16. The highest BCUT2D eigenvalue weighted by molar-refractivity contribution is 14.1. The van der Waals surface area contributed by atoms with E-state index in [0.717, 1.165) is 4.68 Å². The number of aromatic nitrogens is 2. The van der Waals surface area contributed by atoms with Gasteiger partial charge in [-0.15, -0.1) is 0 Å². The molecule has 5 heteroatoms. The third-order valence-electron chi connectivity index (χ3n) is 1.98. The third kappa shape index (κ3) is 2.34. The summed E-state index contributed by atoms with van der Waals surface area (Å²) in [5, 5.41) is 3.91. The van der Waals surface area contributed by atoms with Gasteiger partial charge in [0.1, 0.15) is 9.52 Å². The minimum absolute atomic E-state index is 0.113. The summed E-state index contributed by atoms with van der Waals surface area (Å²) in [5.41, 5.74) is 0.427. The number of halogens is 3. The molecule has 0 bridgehead atoms. The van der Waals surface area contributed by atoms with Gasteiger partial charge in [-0.1, -0.05) is 18.2 Å². The van der Waals surface area contributed by atoms with Crippen LogP contribution in [0.2, 0.25) is 0 Å². The maximum Gasteiger partial charge on any atom is 0.212 e. The van der Waals surface area contributed by atoms with Crippen molar-refractivity contribution in [3.05, 3.63) is 51.4 Å². The maximum atomic E-state index is 13.2. The largest absolute Gasteiger partial charge is 0.234 e. The van der Waals surface area contributed by atoms with Crippen LogP contribution in [0, 0.1) is 15.5 Å². The number of nitrogens with zero attached hydrogens (tertiary/aromatic N) is 2. The van der Waals surface area contributed by atoms with Gasteiger partial charge in [-0.2, -0.15) is 9.49 Å². The molecule has 0 unspecified atom stereocenters. The zero-order valence-electron chi connectivity index (χ0n) is 7.62. The fourth-order valence-corrected chi connectivity index (χ4v) is 1.78. The second-order valence-electron chi connectivity index (χ2n) is 3.04. The van der Waals surface area contributed by atoms with Gasteiger partial charge in [-0.05, 0) is 28.7 Å². The molecule has 1 aromatic carbocycles. The van der Waals surface area contributed by atoms with E-state index in [1.807, 2.05) is 22.6 Å². The van der Waals surface area contributed by atoms with Crippen LogP contribution < -0.4 is 0 Å². The summed E-state index contributed by atoms with van der Waals surface area (Å²) in [6.45, 7) is 0.113. The van der Waals surface area contributed by atoms with E-state index in [0.29, 0.717) is 9.26 Å². The number of benzene rings is 1. The molecule has 0 aliphatic carbocycles. The Kier molecular flexibility index (Phi) is 2.99. The molecule has 15 heavy (non-hydrogen) atoms. The first-order valence-electron chi connectivity index (χ1n) is 4.29. The summed E-state index contributed by atoms with van der Waals surface area (Å²) in [4.78, 5) is 0. The molecule has 0 atom stereocenters. The molecular weight excluding hydrogens is 313 g/mol. The van der Waals surface area contributed by atoms with Gasteiger partial charge in [0.25, 0.3) is 0 Å². The van der Waals surface area contributed by atoms with E-state index in [-0.39, 0.29) is 12.4 Å². The van der Waals surface area contributed by atoms with Crippen LogP contribution in [0.5, 0.6) is 0 Å². The second-order valence-corrected chi connectivity index (χ2v) is 4.14. The van der Waals surface area contributed by atoms with Gasteiger partial charge in [-0.25, -0.2) is 9.07 Å².